The number of hydrogen-bond acceptors (Lipinski definition) is 4. The van der Waals surface area contributed by atoms with Gasteiger partial charge in [-0.05, 0) is 30.8 Å². The summed E-state index contributed by atoms with van der Waals surface area (Å²) in [7, 11) is -0.881. The molecule has 2 heterocycles. The molecule has 0 bridgehead atoms. The zero-order chi connectivity index (χ0) is 12.8. The first-order chi connectivity index (χ1) is 8.81. The molecular formula is C13H21NO2S2. The third kappa shape index (κ3) is 3.88. The maximum Gasteiger partial charge on any atom is 0.0911 e. The molecule has 1 aliphatic rings. The molecule has 0 spiro atoms. The quantitative estimate of drug-likeness (QED) is 0.836. The van der Waals surface area contributed by atoms with Gasteiger partial charge in [-0.15, -0.1) is 11.3 Å². The Morgan fingerprint density at radius 1 is 1.67 bits per heavy atom. The summed E-state index contributed by atoms with van der Waals surface area (Å²) in [4.78, 5) is 0. The second kappa shape index (κ2) is 7.38. The first-order valence-corrected chi connectivity index (χ1v) is 8.74. The summed E-state index contributed by atoms with van der Waals surface area (Å²) in [5, 5.41) is 5.52. The highest BCUT2D eigenvalue weighted by Gasteiger charge is 2.27. The van der Waals surface area contributed by atoms with Crippen LogP contribution < -0.4 is 5.32 Å². The van der Waals surface area contributed by atoms with Crippen molar-refractivity contribution in [3.8, 4) is 0 Å². The summed E-state index contributed by atoms with van der Waals surface area (Å²) >= 11 is 1.58. The SMILES string of the molecule is CCCNC(CS(=O)c1cccs1)C1CCOC1. The molecule has 5 heteroatoms. The molecule has 102 valence electrons. The van der Waals surface area contributed by atoms with Gasteiger partial charge >= 0.3 is 0 Å². The van der Waals surface area contributed by atoms with Gasteiger partial charge in [0.15, 0.2) is 0 Å². The van der Waals surface area contributed by atoms with Crippen LogP contribution in [0.5, 0.6) is 0 Å². The van der Waals surface area contributed by atoms with Gasteiger partial charge in [0.2, 0.25) is 0 Å². The van der Waals surface area contributed by atoms with E-state index in [0.717, 1.165) is 36.8 Å². The molecule has 1 N–H and O–H groups in total. The third-order valence-electron chi connectivity index (χ3n) is 3.24. The van der Waals surface area contributed by atoms with Crippen molar-refractivity contribution in [1.29, 1.82) is 0 Å². The van der Waals surface area contributed by atoms with E-state index in [9.17, 15) is 4.21 Å². The monoisotopic (exact) mass is 287 g/mol. The van der Waals surface area contributed by atoms with E-state index in [2.05, 4.69) is 12.2 Å². The molecule has 18 heavy (non-hydrogen) atoms. The Labute approximate surface area is 115 Å². The predicted molar refractivity (Wildman–Crippen MR) is 76.6 cm³/mol. The first-order valence-electron chi connectivity index (χ1n) is 6.54. The zero-order valence-corrected chi connectivity index (χ0v) is 12.4. The van der Waals surface area contributed by atoms with Crippen molar-refractivity contribution < 1.29 is 8.95 Å². The highest BCUT2D eigenvalue weighted by Crippen LogP contribution is 2.21. The van der Waals surface area contributed by atoms with Crippen molar-refractivity contribution in [2.24, 2.45) is 5.92 Å². The van der Waals surface area contributed by atoms with Gasteiger partial charge in [0.1, 0.15) is 0 Å². The van der Waals surface area contributed by atoms with Crippen LogP contribution in [-0.2, 0) is 15.5 Å². The maximum atomic E-state index is 12.3. The Bertz CT molecular complexity index is 361. The Morgan fingerprint density at radius 2 is 2.56 bits per heavy atom. The highest BCUT2D eigenvalue weighted by atomic mass is 32.2. The molecule has 3 atom stereocenters. The Morgan fingerprint density at radius 3 is 3.17 bits per heavy atom. The van der Waals surface area contributed by atoms with E-state index in [-0.39, 0.29) is 0 Å². The molecule has 0 amide bonds. The van der Waals surface area contributed by atoms with Crippen LogP contribution in [-0.4, -0.2) is 35.8 Å². The number of rotatable bonds is 7. The van der Waals surface area contributed by atoms with Crippen molar-refractivity contribution in [1.82, 2.24) is 5.32 Å². The van der Waals surface area contributed by atoms with Gasteiger partial charge in [0.05, 0.1) is 21.6 Å². The highest BCUT2D eigenvalue weighted by molar-refractivity contribution is 7.87. The summed E-state index contributed by atoms with van der Waals surface area (Å²) < 4.78 is 18.7. The first kappa shape index (κ1) is 14.2. The van der Waals surface area contributed by atoms with Crippen LogP contribution >= 0.6 is 11.3 Å². The van der Waals surface area contributed by atoms with Crippen molar-refractivity contribution in [3.05, 3.63) is 17.5 Å². The maximum absolute atomic E-state index is 12.3. The van der Waals surface area contributed by atoms with Crippen LogP contribution in [0.1, 0.15) is 19.8 Å². The Hall–Kier alpha value is -0.230. The molecule has 1 aromatic rings. The topological polar surface area (TPSA) is 38.3 Å². The van der Waals surface area contributed by atoms with Gasteiger partial charge < -0.3 is 10.1 Å². The van der Waals surface area contributed by atoms with Crippen LogP contribution in [0.25, 0.3) is 0 Å². The summed E-state index contributed by atoms with van der Waals surface area (Å²) in [5.74, 6) is 1.22. The lowest BCUT2D eigenvalue weighted by Gasteiger charge is -2.23. The number of nitrogens with one attached hydrogen (secondary N) is 1. The Kier molecular flexibility index (Phi) is 5.82. The van der Waals surface area contributed by atoms with E-state index >= 15 is 0 Å². The van der Waals surface area contributed by atoms with Gasteiger partial charge in [0.25, 0.3) is 0 Å². The van der Waals surface area contributed by atoms with E-state index in [1.54, 1.807) is 11.3 Å². The Balaban J connectivity index is 1.93. The van der Waals surface area contributed by atoms with E-state index < -0.39 is 10.8 Å². The van der Waals surface area contributed by atoms with E-state index in [1.165, 1.54) is 0 Å². The lowest BCUT2D eigenvalue weighted by Crippen LogP contribution is -2.41. The fourth-order valence-corrected chi connectivity index (χ4v) is 4.56. The van der Waals surface area contributed by atoms with Crippen LogP contribution in [0.3, 0.4) is 0 Å². The van der Waals surface area contributed by atoms with Crippen LogP contribution in [0, 0.1) is 5.92 Å². The van der Waals surface area contributed by atoms with Gasteiger partial charge in [-0.3, -0.25) is 4.21 Å². The average Bonchev–Trinajstić information content (AvgIpc) is 3.04. The van der Waals surface area contributed by atoms with Crippen LogP contribution in [0.4, 0.5) is 0 Å². The fourth-order valence-electron chi connectivity index (χ4n) is 2.20. The van der Waals surface area contributed by atoms with Gasteiger partial charge in [0, 0.05) is 24.3 Å². The smallest absolute Gasteiger partial charge is 0.0911 e. The number of ether oxygens (including phenoxy) is 1. The molecule has 0 aliphatic carbocycles. The molecule has 0 radical (unpaired) electrons. The minimum atomic E-state index is -0.881. The second-order valence-corrected chi connectivity index (χ2v) is 7.30. The van der Waals surface area contributed by atoms with Crippen molar-refractivity contribution >= 4 is 22.1 Å². The van der Waals surface area contributed by atoms with Crippen molar-refractivity contribution in [2.75, 3.05) is 25.5 Å². The predicted octanol–water partition coefficient (Wildman–Crippen LogP) is 2.26. The van der Waals surface area contributed by atoms with Gasteiger partial charge in [-0.25, -0.2) is 0 Å². The second-order valence-electron chi connectivity index (χ2n) is 4.63. The van der Waals surface area contributed by atoms with Crippen molar-refractivity contribution in [2.45, 2.75) is 30.0 Å². The molecular weight excluding hydrogens is 266 g/mol. The zero-order valence-electron chi connectivity index (χ0n) is 10.8. The molecule has 1 aliphatic heterocycles. The van der Waals surface area contributed by atoms with Crippen LogP contribution in [0.15, 0.2) is 21.7 Å². The van der Waals surface area contributed by atoms with E-state index in [4.69, 9.17) is 4.74 Å². The summed E-state index contributed by atoms with van der Waals surface area (Å²) in [6, 6.07) is 4.24. The summed E-state index contributed by atoms with van der Waals surface area (Å²) in [5.41, 5.74) is 0. The average molecular weight is 287 g/mol. The molecule has 2 rings (SSSR count). The normalized spacial score (nSPS) is 23.1. The molecule has 1 aromatic heterocycles. The number of hydrogen-bond donors (Lipinski definition) is 1. The summed E-state index contributed by atoms with van der Waals surface area (Å²) in [6.45, 7) is 4.80. The standard InChI is InChI=1S/C13H21NO2S2/c1-2-6-14-12(11-5-7-16-9-11)10-18(15)13-4-3-8-17-13/h3-4,8,11-12,14H,2,5-7,9-10H2,1H3. The molecule has 1 saturated heterocycles. The minimum absolute atomic E-state index is 0.315. The minimum Gasteiger partial charge on any atom is -0.381 e. The lowest BCUT2D eigenvalue weighted by atomic mass is 10.0. The fraction of sp³-hybridized carbons (Fsp3) is 0.692. The van der Waals surface area contributed by atoms with Crippen molar-refractivity contribution in [3.63, 3.8) is 0 Å². The lowest BCUT2D eigenvalue weighted by molar-refractivity contribution is 0.179. The number of thiophene rings is 1. The van der Waals surface area contributed by atoms with Gasteiger partial charge in [-0.1, -0.05) is 13.0 Å². The molecule has 3 unspecified atom stereocenters. The molecule has 0 saturated carbocycles. The molecule has 0 aromatic carbocycles. The molecule has 3 nitrogen and oxygen atoms in total. The largest absolute Gasteiger partial charge is 0.381 e. The van der Waals surface area contributed by atoms with Crippen LogP contribution in [0.2, 0.25) is 0 Å². The van der Waals surface area contributed by atoms with Gasteiger partial charge in [-0.2, -0.15) is 0 Å². The van der Waals surface area contributed by atoms with E-state index in [0.29, 0.717) is 17.7 Å². The molecule has 1 fully saturated rings. The summed E-state index contributed by atoms with van der Waals surface area (Å²) in [6.07, 6.45) is 2.19. The third-order valence-corrected chi connectivity index (χ3v) is 6.00. The van der Waals surface area contributed by atoms with E-state index in [1.807, 2.05) is 17.5 Å².